The van der Waals surface area contributed by atoms with Crippen molar-refractivity contribution in [1.29, 1.82) is 0 Å². The molecule has 0 bridgehead atoms. The van der Waals surface area contributed by atoms with Gasteiger partial charge in [-0.3, -0.25) is 4.99 Å². The van der Waals surface area contributed by atoms with Crippen molar-refractivity contribution in [2.24, 2.45) is 10.8 Å². The Morgan fingerprint density at radius 1 is 1.32 bits per heavy atom. The van der Waals surface area contributed by atoms with E-state index in [9.17, 15) is 4.39 Å². The van der Waals surface area contributed by atoms with Crippen LogP contribution in [0.5, 0.6) is 0 Å². The van der Waals surface area contributed by atoms with Crippen LogP contribution in [0.4, 0.5) is 27.3 Å². The molecular weight excluding hydrogens is 323 g/mol. The van der Waals surface area contributed by atoms with E-state index >= 15 is 0 Å². The van der Waals surface area contributed by atoms with Gasteiger partial charge in [0, 0.05) is 11.4 Å². The number of hydrazine groups is 1. The third-order valence-corrected chi connectivity index (χ3v) is 3.78. The normalized spacial score (nSPS) is 13.4. The Labute approximate surface area is 143 Å². The predicted molar refractivity (Wildman–Crippen MR) is 93.7 cm³/mol. The third kappa shape index (κ3) is 2.94. The van der Waals surface area contributed by atoms with Gasteiger partial charge in [0.2, 0.25) is 0 Å². The molecule has 25 heavy (non-hydrogen) atoms. The molecule has 4 rings (SSSR count). The summed E-state index contributed by atoms with van der Waals surface area (Å²) >= 11 is 0. The minimum absolute atomic E-state index is 0.0743. The Kier molecular flexibility index (Phi) is 3.66. The Morgan fingerprint density at radius 3 is 3.00 bits per heavy atom. The van der Waals surface area contributed by atoms with Gasteiger partial charge in [-0.1, -0.05) is 0 Å². The number of hydrogen-bond donors (Lipinski definition) is 2. The summed E-state index contributed by atoms with van der Waals surface area (Å²) in [6.45, 7) is 2.46. The van der Waals surface area contributed by atoms with Crippen molar-refractivity contribution in [2.75, 3.05) is 16.9 Å². The first-order valence-electron chi connectivity index (χ1n) is 7.63. The second-order valence-electron chi connectivity index (χ2n) is 5.71. The summed E-state index contributed by atoms with van der Waals surface area (Å²) in [5.41, 5.74) is 3.80. The van der Waals surface area contributed by atoms with Gasteiger partial charge in [-0.25, -0.2) is 20.2 Å². The van der Waals surface area contributed by atoms with Gasteiger partial charge >= 0.3 is 0 Å². The van der Waals surface area contributed by atoms with Crippen LogP contribution in [0, 0.1) is 5.82 Å². The number of hydrogen-bond acceptors (Lipinski definition) is 7. The highest BCUT2D eigenvalue weighted by Crippen LogP contribution is 2.34. The lowest BCUT2D eigenvalue weighted by atomic mass is 10.2. The molecule has 0 saturated heterocycles. The van der Waals surface area contributed by atoms with Gasteiger partial charge in [-0.15, -0.1) is 0 Å². The highest BCUT2D eigenvalue weighted by atomic mass is 19.1. The average Bonchev–Trinajstić information content (AvgIpc) is 3.12. The van der Waals surface area contributed by atoms with E-state index in [-0.39, 0.29) is 5.82 Å². The van der Waals surface area contributed by atoms with Gasteiger partial charge in [0.05, 0.1) is 35.9 Å². The standard InChI is InChI=1S/C17H15FN6O/c1-10-8-24(19)15-6-12(2-3-14(15)21-10)22-17-13(18)7-20-16(23-17)11-4-5-25-9-11/h2-7,9H,8,19H2,1H3,(H,20,22,23). The van der Waals surface area contributed by atoms with Crippen LogP contribution in [-0.4, -0.2) is 22.2 Å². The molecular formula is C17H15FN6O. The molecule has 0 aliphatic carbocycles. The zero-order chi connectivity index (χ0) is 17.4. The maximum atomic E-state index is 14.1. The molecule has 126 valence electrons. The summed E-state index contributed by atoms with van der Waals surface area (Å²) in [5.74, 6) is 5.93. The quantitative estimate of drug-likeness (QED) is 0.711. The minimum Gasteiger partial charge on any atom is -0.472 e. The van der Waals surface area contributed by atoms with E-state index in [1.807, 2.05) is 19.1 Å². The van der Waals surface area contributed by atoms with E-state index in [4.69, 9.17) is 10.3 Å². The van der Waals surface area contributed by atoms with E-state index in [1.54, 1.807) is 17.1 Å². The number of benzene rings is 1. The zero-order valence-electron chi connectivity index (χ0n) is 13.4. The highest BCUT2D eigenvalue weighted by molar-refractivity contribution is 5.94. The highest BCUT2D eigenvalue weighted by Gasteiger charge is 2.16. The molecule has 0 saturated carbocycles. The Bertz CT molecular complexity index is 954. The van der Waals surface area contributed by atoms with E-state index < -0.39 is 5.82 Å². The molecule has 3 aromatic rings. The summed E-state index contributed by atoms with van der Waals surface area (Å²) < 4.78 is 19.1. The molecule has 0 fully saturated rings. The van der Waals surface area contributed by atoms with Crippen molar-refractivity contribution in [3.63, 3.8) is 0 Å². The van der Waals surface area contributed by atoms with Gasteiger partial charge in [0.15, 0.2) is 17.5 Å². The number of aliphatic imine (C=N–C) groups is 1. The third-order valence-electron chi connectivity index (χ3n) is 3.78. The van der Waals surface area contributed by atoms with Crippen LogP contribution in [0.15, 0.2) is 52.4 Å². The second kappa shape index (κ2) is 5.99. The summed E-state index contributed by atoms with van der Waals surface area (Å²) in [6, 6.07) is 7.15. The lowest BCUT2D eigenvalue weighted by Gasteiger charge is -2.25. The molecule has 8 heteroatoms. The predicted octanol–water partition coefficient (Wildman–Crippen LogP) is 3.41. The van der Waals surface area contributed by atoms with Gasteiger partial charge in [0.25, 0.3) is 0 Å². The molecule has 0 atom stereocenters. The molecule has 1 aliphatic heterocycles. The molecule has 2 aromatic heterocycles. The maximum Gasteiger partial charge on any atom is 0.184 e. The molecule has 0 unspecified atom stereocenters. The van der Waals surface area contributed by atoms with Crippen LogP contribution >= 0.6 is 0 Å². The van der Waals surface area contributed by atoms with Crippen molar-refractivity contribution in [3.05, 3.63) is 48.8 Å². The number of furan rings is 1. The van der Waals surface area contributed by atoms with Gasteiger partial charge in [0.1, 0.15) is 6.26 Å². The molecule has 0 radical (unpaired) electrons. The summed E-state index contributed by atoms with van der Waals surface area (Å²) in [6.07, 6.45) is 4.14. The van der Waals surface area contributed by atoms with E-state index in [0.29, 0.717) is 23.6 Å². The fourth-order valence-corrected chi connectivity index (χ4v) is 2.62. The Hall–Kier alpha value is -3.26. The number of nitrogens with one attached hydrogen (secondary N) is 1. The molecule has 1 aromatic carbocycles. The number of fused-ring (bicyclic) bond motifs is 1. The number of nitrogens with two attached hydrogens (primary N) is 1. The first kappa shape index (κ1) is 15.3. The summed E-state index contributed by atoms with van der Waals surface area (Å²) in [5, 5.41) is 4.58. The number of rotatable bonds is 3. The lowest BCUT2D eigenvalue weighted by Crippen LogP contribution is -2.37. The number of anilines is 3. The van der Waals surface area contributed by atoms with Crippen molar-refractivity contribution < 1.29 is 8.81 Å². The van der Waals surface area contributed by atoms with Gasteiger partial charge < -0.3 is 14.7 Å². The van der Waals surface area contributed by atoms with Crippen molar-refractivity contribution in [1.82, 2.24) is 9.97 Å². The lowest BCUT2D eigenvalue weighted by molar-refractivity contribution is 0.567. The van der Waals surface area contributed by atoms with Crippen LogP contribution in [-0.2, 0) is 0 Å². The molecule has 0 amide bonds. The van der Waals surface area contributed by atoms with Crippen molar-refractivity contribution >= 4 is 28.6 Å². The minimum atomic E-state index is -0.552. The van der Waals surface area contributed by atoms with Crippen molar-refractivity contribution in [3.8, 4) is 11.4 Å². The smallest absolute Gasteiger partial charge is 0.184 e. The molecule has 1 aliphatic rings. The summed E-state index contributed by atoms with van der Waals surface area (Å²) in [7, 11) is 0. The fraction of sp³-hybridized carbons (Fsp3) is 0.118. The van der Waals surface area contributed by atoms with Crippen LogP contribution in [0.3, 0.4) is 0 Å². The maximum absolute atomic E-state index is 14.1. The molecule has 3 N–H and O–H groups in total. The SMILES string of the molecule is CC1=Nc2ccc(Nc3nc(-c4ccoc4)ncc3F)cc2N(N)C1. The van der Waals surface area contributed by atoms with Gasteiger partial charge in [-0.05, 0) is 31.2 Å². The van der Waals surface area contributed by atoms with E-state index in [0.717, 1.165) is 23.3 Å². The van der Waals surface area contributed by atoms with Crippen LogP contribution < -0.4 is 16.2 Å². The Balaban J connectivity index is 1.67. The monoisotopic (exact) mass is 338 g/mol. The largest absolute Gasteiger partial charge is 0.472 e. The number of aromatic nitrogens is 2. The topological polar surface area (TPSA) is 92.6 Å². The molecule has 3 heterocycles. The first-order valence-corrected chi connectivity index (χ1v) is 7.63. The van der Waals surface area contributed by atoms with E-state index in [1.165, 1.54) is 12.5 Å². The Morgan fingerprint density at radius 2 is 2.20 bits per heavy atom. The summed E-state index contributed by atoms with van der Waals surface area (Å²) in [4.78, 5) is 12.7. The molecule has 0 spiro atoms. The van der Waals surface area contributed by atoms with Crippen LogP contribution in [0.1, 0.15) is 6.92 Å². The fourth-order valence-electron chi connectivity index (χ4n) is 2.62. The van der Waals surface area contributed by atoms with Crippen molar-refractivity contribution in [2.45, 2.75) is 6.92 Å². The molecule has 7 nitrogen and oxygen atoms in total. The van der Waals surface area contributed by atoms with Crippen LogP contribution in [0.2, 0.25) is 0 Å². The number of nitrogens with zero attached hydrogens (tertiary/aromatic N) is 4. The second-order valence-corrected chi connectivity index (χ2v) is 5.71. The zero-order valence-corrected chi connectivity index (χ0v) is 13.4. The van der Waals surface area contributed by atoms with Crippen LogP contribution in [0.25, 0.3) is 11.4 Å². The number of halogens is 1. The van der Waals surface area contributed by atoms with E-state index in [2.05, 4.69) is 20.3 Å². The first-order chi connectivity index (χ1) is 12.1. The van der Waals surface area contributed by atoms with Gasteiger partial charge in [-0.2, -0.15) is 0 Å². The average molecular weight is 338 g/mol.